The Morgan fingerprint density at radius 1 is 1.21 bits per heavy atom. The van der Waals surface area contributed by atoms with Gasteiger partial charge in [0.05, 0.1) is 27.7 Å². The minimum absolute atomic E-state index is 0.0920. The minimum atomic E-state index is -0.530. The van der Waals surface area contributed by atoms with Crippen LogP contribution in [0.25, 0.3) is 22.0 Å². The molecule has 29 heavy (non-hydrogen) atoms. The fraction of sp³-hybridized carbons (Fsp3) is 0.150. The molecule has 148 valence electrons. The van der Waals surface area contributed by atoms with Gasteiger partial charge in [-0.15, -0.1) is 0 Å². The number of halogens is 2. The number of carbonyl (C=O) groups excluding carboxylic acids is 3. The number of rotatable bonds is 4. The highest BCUT2D eigenvalue weighted by Crippen LogP contribution is 2.42. The maximum absolute atomic E-state index is 12.6. The molecule has 2 heterocycles. The van der Waals surface area contributed by atoms with E-state index in [9.17, 15) is 14.4 Å². The molecule has 0 atom stereocenters. The number of aliphatic hydroxyl groups is 1. The van der Waals surface area contributed by atoms with Gasteiger partial charge in [0.25, 0.3) is 17.7 Å². The molecule has 9 heteroatoms. The van der Waals surface area contributed by atoms with Crippen LogP contribution in [0.5, 0.6) is 0 Å². The number of hydrogen-bond donors (Lipinski definition) is 3. The second kappa shape index (κ2) is 7.29. The fourth-order valence-electron chi connectivity index (χ4n) is 3.63. The van der Waals surface area contributed by atoms with E-state index in [4.69, 9.17) is 16.7 Å². The first-order valence-corrected chi connectivity index (χ1v) is 9.88. The van der Waals surface area contributed by atoms with E-state index >= 15 is 0 Å². The zero-order chi connectivity index (χ0) is 20.9. The van der Waals surface area contributed by atoms with Crippen LogP contribution >= 0.6 is 27.5 Å². The fourth-order valence-corrected chi connectivity index (χ4v) is 4.71. The van der Waals surface area contributed by atoms with Gasteiger partial charge in [0.1, 0.15) is 5.69 Å². The minimum Gasteiger partial charge on any atom is -0.395 e. The molecule has 1 aromatic heterocycles. The van der Waals surface area contributed by atoms with Crippen molar-refractivity contribution in [2.45, 2.75) is 0 Å². The Bertz CT molecular complexity index is 1220. The zero-order valence-electron chi connectivity index (χ0n) is 15.2. The molecule has 7 nitrogen and oxygen atoms in total. The molecular formula is C20H15BrClN3O4. The summed E-state index contributed by atoms with van der Waals surface area (Å²) in [5, 5.41) is 14.8. The third-order valence-electron chi connectivity index (χ3n) is 4.89. The SMILES string of the molecule is Cn1c(C(=O)NCCO)c(Br)c2c3c(c(-c4ccccc4Cl)cc21)C(=O)NC3=O. The summed E-state index contributed by atoms with van der Waals surface area (Å²) >= 11 is 9.79. The van der Waals surface area contributed by atoms with Crippen molar-refractivity contribution in [3.63, 3.8) is 0 Å². The van der Waals surface area contributed by atoms with E-state index in [1.54, 1.807) is 41.9 Å². The molecule has 0 radical (unpaired) electrons. The van der Waals surface area contributed by atoms with Crippen molar-refractivity contribution in [1.82, 2.24) is 15.2 Å². The van der Waals surface area contributed by atoms with Gasteiger partial charge in [0.2, 0.25) is 0 Å². The van der Waals surface area contributed by atoms with Crippen molar-refractivity contribution < 1.29 is 19.5 Å². The zero-order valence-corrected chi connectivity index (χ0v) is 17.5. The molecule has 3 amide bonds. The lowest BCUT2D eigenvalue weighted by Gasteiger charge is -2.11. The second-order valence-corrected chi connectivity index (χ2v) is 7.73. The van der Waals surface area contributed by atoms with E-state index in [0.717, 1.165) is 0 Å². The van der Waals surface area contributed by atoms with E-state index in [2.05, 4.69) is 26.6 Å². The highest BCUT2D eigenvalue weighted by Gasteiger charge is 2.36. The van der Waals surface area contributed by atoms with Crippen LogP contribution in [0.2, 0.25) is 5.02 Å². The number of amides is 3. The van der Waals surface area contributed by atoms with Gasteiger partial charge >= 0.3 is 0 Å². The molecule has 0 saturated heterocycles. The molecule has 1 aliphatic rings. The van der Waals surface area contributed by atoms with Gasteiger partial charge in [0, 0.05) is 29.6 Å². The average Bonchev–Trinajstić information content (AvgIpc) is 3.13. The predicted molar refractivity (Wildman–Crippen MR) is 112 cm³/mol. The molecule has 0 saturated carbocycles. The highest BCUT2D eigenvalue weighted by molar-refractivity contribution is 9.10. The molecule has 0 bridgehead atoms. The topological polar surface area (TPSA) is 100 Å². The Hall–Kier alpha value is -2.68. The van der Waals surface area contributed by atoms with E-state index in [-0.39, 0.29) is 30.0 Å². The largest absolute Gasteiger partial charge is 0.395 e. The Morgan fingerprint density at radius 2 is 1.90 bits per heavy atom. The van der Waals surface area contributed by atoms with Crippen molar-refractivity contribution in [1.29, 1.82) is 0 Å². The summed E-state index contributed by atoms with van der Waals surface area (Å²) in [6.07, 6.45) is 0. The molecule has 2 aromatic carbocycles. The number of hydrogen-bond acceptors (Lipinski definition) is 4. The van der Waals surface area contributed by atoms with Crippen LogP contribution in [0.15, 0.2) is 34.8 Å². The lowest BCUT2D eigenvalue weighted by Crippen LogP contribution is -2.28. The van der Waals surface area contributed by atoms with Crippen molar-refractivity contribution >= 4 is 56.2 Å². The molecule has 1 aliphatic heterocycles. The van der Waals surface area contributed by atoms with Crippen LogP contribution in [0.1, 0.15) is 31.2 Å². The molecule has 3 aromatic rings. The van der Waals surface area contributed by atoms with Crippen LogP contribution in [-0.4, -0.2) is 40.5 Å². The summed E-state index contributed by atoms with van der Waals surface area (Å²) in [7, 11) is 1.69. The van der Waals surface area contributed by atoms with Crippen molar-refractivity contribution in [3.05, 3.63) is 56.6 Å². The number of benzene rings is 2. The molecule has 0 aliphatic carbocycles. The summed E-state index contributed by atoms with van der Waals surface area (Å²) < 4.78 is 2.04. The summed E-state index contributed by atoms with van der Waals surface area (Å²) in [6.45, 7) is -0.106. The number of aromatic nitrogens is 1. The maximum atomic E-state index is 12.6. The van der Waals surface area contributed by atoms with Gasteiger partial charge in [-0.2, -0.15) is 0 Å². The van der Waals surface area contributed by atoms with Crippen LogP contribution in [-0.2, 0) is 7.05 Å². The molecule has 3 N–H and O–H groups in total. The van der Waals surface area contributed by atoms with E-state index in [0.29, 0.717) is 31.5 Å². The number of aryl methyl sites for hydroxylation is 1. The number of aliphatic hydroxyl groups excluding tert-OH is 1. The lowest BCUT2D eigenvalue weighted by molar-refractivity contribution is 0.0878. The van der Waals surface area contributed by atoms with Crippen LogP contribution in [0.4, 0.5) is 0 Å². The molecule has 0 unspecified atom stereocenters. The van der Waals surface area contributed by atoms with Crippen molar-refractivity contribution in [3.8, 4) is 11.1 Å². The van der Waals surface area contributed by atoms with Gasteiger partial charge in [0.15, 0.2) is 0 Å². The Morgan fingerprint density at radius 3 is 2.59 bits per heavy atom. The summed E-state index contributed by atoms with van der Waals surface area (Å²) in [4.78, 5) is 37.9. The van der Waals surface area contributed by atoms with E-state index in [1.165, 1.54) is 0 Å². The summed E-state index contributed by atoms with van der Waals surface area (Å²) in [5.74, 6) is -1.45. The quantitative estimate of drug-likeness (QED) is 0.504. The van der Waals surface area contributed by atoms with Gasteiger partial charge < -0.3 is 15.0 Å². The number of carbonyl (C=O) groups is 3. The predicted octanol–water partition coefficient (Wildman–Crippen LogP) is 2.87. The Labute approximate surface area is 178 Å². The van der Waals surface area contributed by atoms with Crippen LogP contribution in [0.3, 0.4) is 0 Å². The normalized spacial score (nSPS) is 13.0. The molecule has 4 rings (SSSR count). The second-order valence-electron chi connectivity index (χ2n) is 6.53. The lowest BCUT2D eigenvalue weighted by atomic mass is 9.94. The molecule has 0 spiro atoms. The first-order chi connectivity index (χ1) is 13.9. The Balaban J connectivity index is 2.09. The molecular weight excluding hydrogens is 462 g/mol. The van der Waals surface area contributed by atoms with Crippen LogP contribution in [0, 0.1) is 0 Å². The standard InChI is InChI=1S/C20H15BrClN3O4/c1-25-12-8-10(9-4-2-3-5-11(9)22)13-15(19(28)24-18(13)27)14(12)16(21)17(25)20(29)23-6-7-26/h2-5,8,26H,6-7H2,1H3,(H,23,29)(H,24,27,28). The first kappa shape index (κ1) is 19.6. The number of fused-ring (bicyclic) bond motifs is 3. The van der Waals surface area contributed by atoms with Crippen LogP contribution < -0.4 is 10.6 Å². The third-order valence-corrected chi connectivity index (χ3v) is 5.99. The summed E-state index contributed by atoms with van der Waals surface area (Å²) in [5.41, 5.74) is 2.41. The van der Waals surface area contributed by atoms with Crippen molar-refractivity contribution in [2.75, 3.05) is 13.2 Å². The van der Waals surface area contributed by atoms with E-state index in [1.807, 2.05) is 0 Å². The highest BCUT2D eigenvalue weighted by atomic mass is 79.9. The smallest absolute Gasteiger partial charge is 0.269 e. The monoisotopic (exact) mass is 475 g/mol. The van der Waals surface area contributed by atoms with Gasteiger partial charge in [-0.1, -0.05) is 29.8 Å². The number of nitrogens with zero attached hydrogens (tertiary/aromatic N) is 1. The van der Waals surface area contributed by atoms with Crippen molar-refractivity contribution in [2.24, 2.45) is 7.05 Å². The summed E-state index contributed by atoms with van der Waals surface area (Å²) in [6, 6.07) is 8.80. The molecule has 0 fully saturated rings. The van der Waals surface area contributed by atoms with E-state index < -0.39 is 17.7 Å². The number of nitrogens with one attached hydrogen (secondary N) is 2. The number of imide groups is 1. The van der Waals surface area contributed by atoms with Gasteiger partial charge in [-0.3, -0.25) is 19.7 Å². The van der Waals surface area contributed by atoms with Gasteiger partial charge in [-0.05, 0) is 33.6 Å². The maximum Gasteiger partial charge on any atom is 0.269 e. The third kappa shape index (κ3) is 2.95. The average molecular weight is 477 g/mol. The first-order valence-electron chi connectivity index (χ1n) is 8.71. The van der Waals surface area contributed by atoms with Gasteiger partial charge in [-0.25, -0.2) is 0 Å². The Kier molecular flexibility index (Phi) is 4.94.